The van der Waals surface area contributed by atoms with E-state index in [9.17, 15) is 0 Å². The normalized spacial score (nSPS) is 11.1. The van der Waals surface area contributed by atoms with Gasteiger partial charge in [-0.25, -0.2) is 4.98 Å². The molecule has 1 aromatic heterocycles. The number of pyridine rings is 1. The number of rotatable bonds is 12. The van der Waals surface area contributed by atoms with Crippen molar-refractivity contribution < 1.29 is 4.74 Å². The molecule has 0 amide bonds. The fraction of sp³-hybridized carbons (Fsp3) is 0.270. The highest BCUT2D eigenvalue weighted by molar-refractivity contribution is 5.99. The van der Waals surface area contributed by atoms with Crippen LogP contribution in [-0.4, -0.2) is 25.7 Å². The summed E-state index contributed by atoms with van der Waals surface area (Å²) in [4.78, 5) is 7.29. The van der Waals surface area contributed by atoms with E-state index in [1.807, 2.05) is 6.07 Å². The van der Waals surface area contributed by atoms with Crippen LogP contribution in [0.25, 0.3) is 44.4 Å². The van der Waals surface area contributed by atoms with Crippen LogP contribution in [0, 0.1) is 0 Å². The Morgan fingerprint density at radius 1 is 0.625 bits per heavy atom. The number of hydrogen-bond donors (Lipinski definition) is 0. The standard InChI is InChI=1S/C37H40N2O/c1-4-5-6-7-8-14-25-40-37-18-13-12-17-32(37)36-27-33(29-19-22-31(23-20-29)39(2)3)34-26-30(21-24-35(34)38-36)28-15-10-9-11-16-28/h9-13,15-24,26-27H,4-8,14,25H2,1-3H3. The van der Waals surface area contributed by atoms with Gasteiger partial charge in [0, 0.05) is 30.7 Å². The Bertz CT molecular complexity index is 1520. The lowest BCUT2D eigenvalue weighted by Crippen LogP contribution is -2.07. The topological polar surface area (TPSA) is 25.4 Å². The number of fused-ring (bicyclic) bond motifs is 1. The maximum atomic E-state index is 6.33. The van der Waals surface area contributed by atoms with Gasteiger partial charge >= 0.3 is 0 Å². The molecule has 5 aromatic rings. The minimum absolute atomic E-state index is 0.732. The van der Waals surface area contributed by atoms with Crippen LogP contribution in [0.15, 0.2) is 103 Å². The maximum Gasteiger partial charge on any atom is 0.128 e. The van der Waals surface area contributed by atoms with Crippen molar-refractivity contribution in [1.29, 1.82) is 0 Å². The molecule has 3 nitrogen and oxygen atoms in total. The molecule has 0 atom stereocenters. The zero-order valence-electron chi connectivity index (χ0n) is 24.1. The predicted octanol–water partition coefficient (Wildman–Crippen LogP) is 10.0. The van der Waals surface area contributed by atoms with E-state index in [4.69, 9.17) is 9.72 Å². The summed E-state index contributed by atoms with van der Waals surface area (Å²) in [5, 5.41) is 1.15. The number of hydrogen-bond acceptors (Lipinski definition) is 3. The molecule has 5 rings (SSSR count). The van der Waals surface area contributed by atoms with E-state index in [0.717, 1.165) is 40.9 Å². The van der Waals surface area contributed by atoms with Crippen LogP contribution < -0.4 is 9.64 Å². The van der Waals surface area contributed by atoms with Crippen molar-refractivity contribution >= 4 is 16.6 Å². The quantitative estimate of drug-likeness (QED) is 0.151. The van der Waals surface area contributed by atoms with Crippen molar-refractivity contribution in [3.05, 3.63) is 103 Å². The molecule has 0 aliphatic rings. The van der Waals surface area contributed by atoms with Gasteiger partial charge in [-0.2, -0.15) is 0 Å². The summed E-state index contributed by atoms with van der Waals surface area (Å²) in [5.74, 6) is 0.901. The molecule has 0 saturated heterocycles. The summed E-state index contributed by atoms with van der Waals surface area (Å²) in [5.41, 5.74) is 8.88. The molecule has 0 fully saturated rings. The van der Waals surface area contributed by atoms with E-state index in [1.54, 1.807) is 0 Å². The van der Waals surface area contributed by atoms with Gasteiger partial charge in [0.25, 0.3) is 0 Å². The monoisotopic (exact) mass is 528 g/mol. The van der Waals surface area contributed by atoms with Gasteiger partial charge in [-0.05, 0) is 71.1 Å². The number of para-hydroxylation sites is 1. The van der Waals surface area contributed by atoms with Gasteiger partial charge in [0.05, 0.1) is 17.8 Å². The van der Waals surface area contributed by atoms with E-state index in [2.05, 4.69) is 123 Å². The van der Waals surface area contributed by atoms with Crippen molar-refractivity contribution in [1.82, 2.24) is 4.98 Å². The highest BCUT2D eigenvalue weighted by Crippen LogP contribution is 2.37. The summed E-state index contributed by atoms with van der Waals surface area (Å²) in [7, 11) is 4.15. The Morgan fingerprint density at radius 2 is 1.32 bits per heavy atom. The number of ether oxygens (including phenoxy) is 1. The molecular formula is C37H40N2O. The van der Waals surface area contributed by atoms with Crippen molar-refractivity contribution in [3.63, 3.8) is 0 Å². The largest absolute Gasteiger partial charge is 0.493 e. The van der Waals surface area contributed by atoms with Crippen LogP contribution in [0.2, 0.25) is 0 Å². The van der Waals surface area contributed by atoms with Gasteiger partial charge in [-0.1, -0.05) is 99.7 Å². The highest BCUT2D eigenvalue weighted by atomic mass is 16.5. The average molecular weight is 529 g/mol. The second-order valence-corrected chi connectivity index (χ2v) is 10.7. The Hall–Kier alpha value is -4.11. The molecule has 4 aromatic carbocycles. The first-order valence-corrected chi connectivity index (χ1v) is 14.6. The number of unbranched alkanes of at least 4 members (excludes halogenated alkanes) is 5. The fourth-order valence-corrected chi connectivity index (χ4v) is 5.22. The minimum Gasteiger partial charge on any atom is -0.493 e. The lowest BCUT2D eigenvalue weighted by atomic mass is 9.95. The Balaban J connectivity index is 1.53. The maximum absolute atomic E-state index is 6.33. The summed E-state index contributed by atoms with van der Waals surface area (Å²) in [6.07, 6.45) is 7.49. The SMILES string of the molecule is CCCCCCCCOc1ccccc1-c1cc(-c2ccc(N(C)C)cc2)c2cc(-c3ccccc3)ccc2n1. The molecule has 204 valence electrons. The second-order valence-electron chi connectivity index (χ2n) is 10.7. The van der Waals surface area contributed by atoms with E-state index in [1.165, 1.54) is 60.0 Å². The van der Waals surface area contributed by atoms with Crippen molar-refractivity contribution in [3.8, 4) is 39.3 Å². The smallest absolute Gasteiger partial charge is 0.128 e. The van der Waals surface area contributed by atoms with E-state index < -0.39 is 0 Å². The number of benzene rings is 4. The molecule has 0 N–H and O–H groups in total. The predicted molar refractivity (Wildman–Crippen MR) is 171 cm³/mol. The molecule has 0 saturated carbocycles. The van der Waals surface area contributed by atoms with Crippen LogP contribution in [0.4, 0.5) is 5.69 Å². The van der Waals surface area contributed by atoms with Gasteiger partial charge < -0.3 is 9.64 Å². The molecule has 0 aliphatic carbocycles. The van der Waals surface area contributed by atoms with Crippen molar-refractivity contribution in [2.45, 2.75) is 45.4 Å². The van der Waals surface area contributed by atoms with E-state index >= 15 is 0 Å². The molecule has 0 bridgehead atoms. The zero-order chi connectivity index (χ0) is 27.7. The summed E-state index contributed by atoms with van der Waals surface area (Å²) in [6, 6.07) is 36.5. The third kappa shape index (κ3) is 6.54. The van der Waals surface area contributed by atoms with Gasteiger partial charge in [-0.3, -0.25) is 0 Å². The van der Waals surface area contributed by atoms with Crippen LogP contribution in [-0.2, 0) is 0 Å². The summed E-state index contributed by atoms with van der Waals surface area (Å²) < 4.78 is 6.33. The summed E-state index contributed by atoms with van der Waals surface area (Å²) >= 11 is 0. The second kappa shape index (κ2) is 13.3. The number of anilines is 1. The van der Waals surface area contributed by atoms with E-state index in [-0.39, 0.29) is 0 Å². The third-order valence-corrected chi connectivity index (χ3v) is 7.53. The van der Waals surface area contributed by atoms with Crippen LogP contribution in [0.5, 0.6) is 5.75 Å². The van der Waals surface area contributed by atoms with Crippen molar-refractivity contribution in [2.24, 2.45) is 0 Å². The lowest BCUT2D eigenvalue weighted by molar-refractivity contribution is 0.305. The first-order chi connectivity index (χ1) is 19.6. The number of nitrogens with zero attached hydrogens (tertiary/aromatic N) is 2. The van der Waals surface area contributed by atoms with Crippen LogP contribution in [0.1, 0.15) is 45.4 Å². The third-order valence-electron chi connectivity index (χ3n) is 7.53. The van der Waals surface area contributed by atoms with Gasteiger partial charge in [0.2, 0.25) is 0 Å². The van der Waals surface area contributed by atoms with Crippen LogP contribution in [0.3, 0.4) is 0 Å². The molecule has 0 spiro atoms. The fourth-order valence-electron chi connectivity index (χ4n) is 5.22. The van der Waals surface area contributed by atoms with E-state index in [0.29, 0.717) is 0 Å². The van der Waals surface area contributed by atoms with Gasteiger partial charge in [-0.15, -0.1) is 0 Å². The first-order valence-electron chi connectivity index (χ1n) is 14.6. The average Bonchev–Trinajstić information content (AvgIpc) is 3.00. The Labute approximate surface area is 239 Å². The molecule has 1 heterocycles. The van der Waals surface area contributed by atoms with Crippen molar-refractivity contribution in [2.75, 3.05) is 25.6 Å². The minimum atomic E-state index is 0.732. The highest BCUT2D eigenvalue weighted by Gasteiger charge is 2.14. The van der Waals surface area contributed by atoms with Gasteiger partial charge in [0.15, 0.2) is 0 Å². The van der Waals surface area contributed by atoms with Crippen LogP contribution >= 0.6 is 0 Å². The first kappa shape index (κ1) is 27.5. The molecule has 0 unspecified atom stereocenters. The molecule has 3 heteroatoms. The summed E-state index contributed by atoms with van der Waals surface area (Å²) in [6.45, 7) is 2.99. The lowest BCUT2D eigenvalue weighted by Gasteiger charge is -2.16. The zero-order valence-corrected chi connectivity index (χ0v) is 24.1. The molecule has 0 aliphatic heterocycles. The molecule has 0 radical (unpaired) electrons. The Kier molecular flexibility index (Phi) is 9.13. The molecule has 40 heavy (non-hydrogen) atoms. The van der Waals surface area contributed by atoms with Gasteiger partial charge in [0.1, 0.15) is 5.75 Å². The number of aromatic nitrogens is 1. The molecular weight excluding hydrogens is 488 g/mol. The Morgan fingerprint density at radius 3 is 2.10 bits per heavy atom.